The van der Waals surface area contributed by atoms with Crippen molar-refractivity contribution >= 4 is 23.3 Å². The summed E-state index contributed by atoms with van der Waals surface area (Å²) in [6.45, 7) is 5.48. The Labute approximate surface area is 203 Å². The number of aryl methyl sites for hydroxylation is 1. The third-order valence-electron chi connectivity index (χ3n) is 5.91. The van der Waals surface area contributed by atoms with E-state index >= 15 is 0 Å². The Balaban J connectivity index is 1.26. The molecule has 0 amide bonds. The molecule has 4 aromatic rings. The second-order valence-electron chi connectivity index (χ2n) is 8.01. The Morgan fingerprint density at radius 1 is 0.912 bits per heavy atom. The van der Waals surface area contributed by atoms with Crippen molar-refractivity contribution in [2.75, 3.05) is 43.1 Å². The van der Waals surface area contributed by atoms with Gasteiger partial charge in [0.05, 0.1) is 18.5 Å². The first-order valence-electron chi connectivity index (χ1n) is 11.3. The number of anilines is 2. The van der Waals surface area contributed by atoms with Crippen molar-refractivity contribution in [1.82, 2.24) is 15.0 Å². The molecule has 0 bridgehead atoms. The van der Waals surface area contributed by atoms with Gasteiger partial charge in [0.2, 0.25) is 5.89 Å². The molecule has 0 unspecified atom stereocenters. The Hall–Kier alpha value is -3.52. The minimum Gasteiger partial charge on any atom is -0.495 e. The Bertz CT molecular complexity index is 1240. The molecule has 1 aliphatic heterocycles. The zero-order valence-electron chi connectivity index (χ0n) is 19.3. The van der Waals surface area contributed by atoms with Gasteiger partial charge in [-0.1, -0.05) is 42.1 Å². The number of thioether (sulfide) groups is 1. The molecule has 7 nitrogen and oxygen atoms in total. The van der Waals surface area contributed by atoms with Crippen LogP contribution in [0.5, 0.6) is 5.75 Å². The van der Waals surface area contributed by atoms with E-state index in [0.29, 0.717) is 11.6 Å². The minimum absolute atomic E-state index is 0.653. The highest BCUT2D eigenvalue weighted by molar-refractivity contribution is 7.98. The van der Waals surface area contributed by atoms with E-state index in [-0.39, 0.29) is 0 Å². The van der Waals surface area contributed by atoms with Crippen LogP contribution in [0.3, 0.4) is 0 Å². The molecule has 34 heavy (non-hydrogen) atoms. The van der Waals surface area contributed by atoms with Crippen LogP contribution in [0.2, 0.25) is 0 Å². The zero-order chi connectivity index (χ0) is 23.3. The number of rotatable bonds is 7. The average molecular weight is 474 g/mol. The maximum absolute atomic E-state index is 5.92. The summed E-state index contributed by atoms with van der Waals surface area (Å²) in [5.74, 6) is 4.00. The SMILES string of the molecule is COc1ccccc1N1CCN(c2nccnc2SCc2nc(-c3ccccc3)oc2C)CC1. The molecule has 2 aromatic carbocycles. The second kappa shape index (κ2) is 10.2. The predicted octanol–water partition coefficient (Wildman–Crippen LogP) is 5.07. The molecular formula is C26H27N5O2S. The summed E-state index contributed by atoms with van der Waals surface area (Å²) in [4.78, 5) is 18.7. The number of hydrogen-bond acceptors (Lipinski definition) is 8. The van der Waals surface area contributed by atoms with E-state index in [9.17, 15) is 0 Å². The van der Waals surface area contributed by atoms with Crippen LogP contribution in [0.25, 0.3) is 11.5 Å². The maximum Gasteiger partial charge on any atom is 0.226 e. The molecule has 8 heteroatoms. The first-order valence-corrected chi connectivity index (χ1v) is 12.3. The number of para-hydroxylation sites is 2. The van der Waals surface area contributed by atoms with Crippen molar-refractivity contribution < 1.29 is 9.15 Å². The van der Waals surface area contributed by atoms with Crippen LogP contribution in [-0.4, -0.2) is 48.2 Å². The van der Waals surface area contributed by atoms with Crippen LogP contribution >= 0.6 is 11.8 Å². The maximum atomic E-state index is 5.92. The minimum atomic E-state index is 0.653. The van der Waals surface area contributed by atoms with Crippen molar-refractivity contribution in [3.05, 3.63) is 78.4 Å². The van der Waals surface area contributed by atoms with E-state index in [1.165, 1.54) is 0 Å². The predicted molar refractivity (Wildman–Crippen MR) is 136 cm³/mol. The zero-order valence-corrected chi connectivity index (χ0v) is 20.2. The van der Waals surface area contributed by atoms with Crippen LogP contribution in [0, 0.1) is 6.92 Å². The number of nitrogens with zero attached hydrogens (tertiary/aromatic N) is 5. The molecule has 1 aliphatic rings. The second-order valence-corrected chi connectivity index (χ2v) is 8.97. The van der Waals surface area contributed by atoms with E-state index in [0.717, 1.165) is 65.5 Å². The lowest BCUT2D eigenvalue weighted by Gasteiger charge is -2.37. The van der Waals surface area contributed by atoms with Crippen molar-refractivity contribution in [2.45, 2.75) is 17.7 Å². The largest absolute Gasteiger partial charge is 0.495 e. The fraction of sp³-hybridized carbons (Fsp3) is 0.269. The summed E-state index contributed by atoms with van der Waals surface area (Å²) < 4.78 is 11.5. The molecule has 1 fully saturated rings. The van der Waals surface area contributed by atoms with Gasteiger partial charge in [-0.3, -0.25) is 0 Å². The lowest BCUT2D eigenvalue weighted by Crippen LogP contribution is -2.47. The number of methoxy groups -OCH3 is 1. The number of ether oxygens (including phenoxy) is 1. The van der Waals surface area contributed by atoms with Crippen LogP contribution in [0.4, 0.5) is 11.5 Å². The summed E-state index contributed by atoms with van der Waals surface area (Å²) >= 11 is 1.65. The van der Waals surface area contributed by atoms with Gasteiger partial charge in [0.25, 0.3) is 0 Å². The highest BCUT2D eigenvalue weighted by Gasteiger charge is 2.23. The molecule has 174 valence electrons. The fourth-order valence-electron chi connectivity index (χ4n) is 4.09. The van der Waals surface area contributed by atoms with Crippen molar-refractivity contribution in [1.29, 1.82) is 0 Å². The number of piperazine rings is 1. The van der Waals surface area contributed by atoms with Gasteiger partial charge in [0, 0.05) is 49.9 Å². The molecule has 1 saturated heterocycles. The van der Waals surface area contributed by atoms with Gasteiger partial charge in [-0.25, -0.2) is 15.0 Å². The monoisotopic (exact) mass is 473 g/mol. The van der Waals surface area contributed by atoms with Crippen LogP contribution in [0.1, 0.15) is 11.5 Å². The number of benzene rings is 2. The van der Waals surface area contributed by atoms with Crippen molar-refractivity contribution in [3.8, 4) is 17.2 Å². The van der Waals surface area contributed by atoms with E-state index in [1.54, 1.807) is 31.3 Å². The quantitative estimate of drug-likeness (QED) is 0.345. The topological polar surface area (TPSA) is 67.5 Å². The van der Waals surface area contributed by atoms with Gasteiger partial charge in [-0.15, -0.1) is 0 Å². The molecule has 5 rings (SSSR count). The molecular weight excluding hydrogens is 446 g/mol. The van der Waals surface area contributed by atoms with Gasteiger partial charge in [-0.2, -0.15) is 0 Å². The summed E-state index contributed by atoms with van der Waals surface area (Å²) in [6.07, 6.45) is 3.52. The van der Waals surface area contributed by atoms with Crippen LogP contribution in [0.15, 0.2) is 76.4 Å². The van der Waals surface area contributed by atoms with E-state index in [1.807, 2.05) is 49.4 Å². The molecule has 3 heterocycles. The summed E-state index contributed by atoms with van der Waals surface area (Å²) in [5.41, 5.74) is 3.05. The summed E-state index contributed by atoms with van der Waals surface area (Å²) in [6, 6.07) is 18.2. The Morgan fingerprint density at radius 3 is 2.41 bits per heavy atom. The molecule has 0 atom stereocenters. The summed E-state index contributed by atoms with van der Waals surface area (Å²) in [5, 5.41) is 0.914. The van der Waals surface area contributed by atoms with Crippen molar-refractivity contribution in [2.24, 2.45) is 0 Å². The highest BCUT2D eigenvalue weighted by atomic mass is 32.2. The number of hydrogen-bond donors (Lipinski definition) is 0. The van der Waals surface area contributed by atoms with Gasteiger partial charge in [-0.05, 0) is 31.2 Å². The molecule has 0 radical (unpaired) electrons. The van der Waals surface area contributed by atoms with Gasteiger partial charge < -0.3 is 19.0 Å². The molecule has 0 N–H and O–H groups in total. The standard InChI is InChI=1S/C26H27N5O2S/c1-19-21(29-25(33-19)20-8-4-3-5-9-20)18-34-26-24(27-12-13-28-26)31-16-14-30(15-17-31)22-10-6-7-11-23(22)32-2/h3-13H,14-18H2,1-2H3. The molecule has 0 aliphatic carbocycles. The highest BCUT2D eigenvalue weighted by Crippen LogP contribution is 2.33. The smallest absolute Gasteiger partial charge is 0.226 e. The van der Waals surface area contributed by atoms with Crippen LogP contribution in [-0.2, 0) is 5.75 Å². The van der Waals surface area contributed by atoms with Crippen molar-refractivity contribution in [3.63, 3.8) is 0 Å². The van der Waals surface area contributed by atoms with Gasteiger partial charge >= 0.3 is 0 Å². The third-order valence-corrected chi connectivity index (χ3v) is 6.89. The first-order chi connectivity index (χ1) is 16.7. The number of oxazole rings is 1. The summed E-state index contributed by atoms with van der Waals surface area (Å²) in [7, 11) is 1.72. The third kappa shape index (κ3) is 4.72. The Kier molecular flexibility index (Phi) is 6.67. The average Bonchev–Trinajstić information content (AvgIpc) is 3.28. The fourth-order valence-corrected chi connectivity index (χ4v) is 5.08. The first kappa shape index (κ1) is 22.3. The molecule has 0 saturated carbocycles. The molecule has 2 aromatic heterocycles. The van der Waals surface area contributed by atoms with Gasteiger partial charge in [0.15, 0.2) is 5.82 Å². The van der Waals surface area contributed by atoms with Crippen LogP contribution < -0.4 is 14.5 Å². The lowest BCUT2D eigenvalue weighted by molar-refractivity contribution is 0.413. The molecule has 0 spiro atoms. The van der Waals surface area contributed by atoms with E-state index in [4.69, 9.17) is 14.1 Å². The lowest BCUT2D eigenvalue weighted by atomic mass is 10.2. The number of aromatic nitrogens is 3. The Morgan fingerprint density at radius 2 is 1.62 bits per heavy atom. The normalized spacial score (nSPS) is 13.8. The van der Waals surface area contributed by atoms with E-state index in [2.05, 4.69) is 31.9 Å². The van der Waals surface area contributed by atoms with Gasteiger partial charge in [0.1, 0.15) is 16.5 Å². The van der Waals surface area contributed by atoms with E-state index < -0.39 is 0 Å².